The van der Waals surface area contributed by atoms with E-state index in [1.807, 2.05) is 85.8 Å². The summed E-state index contributed by atoms with van der Waals surface area (Å²) in [6, 6.07) is 22.8. The number of carbonyl (C=O) groups is 1. The van der Waals surface area contributed by atoms with Crippen molar-refractivity contribution in [3.63, 3.8) is 0 Å². The minimum atomic E-state index is -0.202. The first-order valence-corrected chi connectivity index (χ1v) is 10.3. The number of fused-ring (bicyclic) bond motifs is 1. The summed E-state index contributed by atoms with van der Waals surface area (Å²) in [5.74, 6) is 2.07. The number of methoxy groups -OCH3 is 1. The average molecular weight is 415 g/mol. The molecule has 0 radical (unpaired) electrons. The third-order valence-corrected chi connectivity index (χ3v) is 5.17. The minimum Gasteiger partial charge on any atom is -0.497 e. The first-order valence-electron chi connectivity index (χ1n) is 10.3. The molecule has 0 bridgehead atoms. The van der Waals surface area contributed by atoms with Crippen LogP contribution in [0.5, 0.6) is 17.2 Å². The third-order valence-electron chi connectivity index (χ3n) is 5.17. The van der Waals surface area contributed by atoms with Crippen LogP contribution in [0.2, 0.25) is 0 Å². The summed E-state index contributed by atoms with van der Waals surface area (Å²) in [5, 5.41) is 3.12. The zero-order chi connectivity index (χ0) is 21.6. The molecule has 158 valence electrons. The van der Waals surface area contributed by atoms with Gasteiger partial charge in [-0.25, -0.2) is 0 Å². The van der Waals surface area contributed by atoms with Gasteiger partial charge in [0.25, 0.3) is 5.91 Å². The summed E-state index contributed by atoms with van der Waals surface area (Å²) >= 11 is 0. The molecule has 1 N–H and O–H groups in total. The second-order valence-electron chi connectivity index (χ2n) is 7.30. The fraction of sp³-hybridized carbons (Fsp3) is 0.192. The van der Waals surface area contributed by atoms with Crippen molar-refractivity contribution in [1.82, 2.24) is 5.32 Å². The molecule has 0 saturated carbocycles. The molecule has 0 aromatic heterocycles. The molecular formula is C26H25NO4. The number of amides is 1. The SMILES string of the molecule is COc1ccc(/C=C(/C(=O)N[C@H](C)c2ccc3c(c2)OCCO3)c2ccccc2)cc1. The van der Waals surface area contributed by atoms with E-state index in [1.165, 1.54) is 0 Å². The predicted molar refractivity (Wildman–Crippen MR) is 121 cm³/mol. The van der Waals surface area contributed by atoms with Gasteiger partial charge >= 0.3 is 0 Å². The number of benzene rings is 3. The molecule has 1 heterocycles. The van der Waals surface area contributed by atoms with Gasteiger partial charge in [0.05, 0.1) is 13.2 Å². The molecule has 0 fully saturated rings. The highest BCUT2D eigenvalue weighted by Gasteiger charge is 2.18. The maximum Gasteiger partial charge on any atom is 0.252 e. The summed E-state index contributed by atoms with van der Waals surface area (Å²) in [6.07, 6.45) is 1.89. The average Bonchev–Trinajstić information content (AvgIpc) is 2.83. The molecule has 3 aromatic rings. The van der Waals surface area contributed by atoms with Crippen LogP contribution in [-0.4, -0.2) is 26.2 Å². The Morgan fingerprint density at radius 1 is 0.968 bits per heavy atom. The number of hydrogen-bond acceptors (Lipinski definition) is 4. The number of ether oxygens (including phenoxy) is 3. The fourth-order valence-electron chi connectivity index (χ4n) is 3.45. The van der Waals surface area contributed by atoms with E-state index in [4.69, 9.17) is 14.2 Å². The Morgan fingerprint density at radius 2 is 1.68 bits per heavy atom. The number of nitrogens with one attached hydrogen (secondary N) is 1. The van der Waals surface area contributed by atoms with E-state index >= 15 is 0 Å². The van der Waals surface area contributed by atoms with E-state index in [-0.39, 0.29) is 11.9 Å². The normalized spacial score (nSPS) is 13.9. The zero-order valence-electron chi connectivity index (χ0n) is 17.6. The lowest BCUT2D eigenvalue weighted by Crippen LogP contribution is -2.27. The van der Waals surface area contributed by atoms with Crippen molar-refractivity contribution in [2.24, 2.45) is 0 Å². The van der Waals surface area contributed by atoms with Crippen LogP contribution in [-0.2, 0) is 4.79 Å². The molecule has 0 spiro atoms. The molecule has 1 aliphatic heterocycles. The summed E-state index contributed by atoms with van der Waals surface area (Å²) in [5.41, 5.74) is 3.32. The highest BCUT2D eigenvalue weighted by atomic mass is 16.6. The van der Waals surface area contributed by atoms with Gasteiger partial charge in [-0.3, -0.25) is 4.79 Å². The fourth-order valence-corrected chi connectivity index (χ4v) is 3.45. The van der Waals surface area contributed by atoms with E-state index < -0.39 is 0 Å². The molecule has 4 rings (SSSR count). The molecule has 5 heteroatoms. The van der Waals surface area contributed by atoms with Gasteiger partial charge in [-0.2, -0.15) is 0 Å². The molecule has 0 aliphatic carbocycles. The van der Waals surface area contributed by atoms with Crippen molar-refractivity contribution in [1.29, 1.82) is 0 Å². The van der Waals surface area contributed by atoms with E-state index in [9.17, 15) is 4.79 Å². The van der Waals surface area contributed by atoms with Crippen molar-refractivity contribution in [3.8, 4) is 17.2 Å². The Balaban J connectivity index is 1.59. The lowest BCUT2D eigenvalue weighted by molar-refractivity contribution is -0.116. The quantitative estimate of drug-likeness (QED) is 0.460. The van der Waals surface area contributed by atoms with E-state index in [2.05, 4.69) is 5.32 Å². The van der Waals surface area contributed by atoms with E-state index in [1.54, 1.807) is 7.11 Å². The third kappa shape index (κ3) is 4.89. The molecule has 1 aliphatic rings. The van der Waals surface area contributed by atoms with Gasteiger partial charge in [0.2, 0.25) is 0 Å². The van der Waals surface area contributed by atoms with E-state index in [0.29, 0.717) is 24.5 Å². The first-order chi connectivity index (χ1) is 15.1. The van der Waals surface area contributed by atoms with Crippen LogP contribution in [0.15, 0.2) is 72.8 Å². The molecule has 5 nitrogen and oxygen atoms in total. The van der Waals surface area contributed by atoms with Crippen LogP contribution in [0, 0.1) is 0 Å². The maximum atomic E-state index is 13.3. The van der Waals surface area contributed by atoms with Crippen LogP contribution in [0.3, 0.4) is 0 Å². The van der Waals surface area contributed by atoms with Crippen molar-refractivity contribution < 1.29 is 19.0 Å². The van der Waals surface area contributed by atoms with Gasteiger partial charge < -0.3 is 19.5 Å². The van der Waals surface area contributed by atoms with Gasteiger partial charge in [0.15, 0.2) is 11.5 Å². The summed E-state index contributed by atoms with van der Waals surface area (Å²) in [4.78, 5) is 13.3. The van der Waals surface area contributed by atoms with Crippen molar-refractivity contribution in [2.45, 2.75) is 13.0 Å². The monoisotopic (exact) mass is 415 g/mol. The lowest BCUT2D eigenvalue weighted by Gasteiger charge is -2.21. The topological polar surface area (TPSA) is 56.8 Å². The molecular weight excluding hydrogens is 390 g/mol. The molecule has 1 amide bonds. The standard InChI is InChI=1S/C26H25NO4/c1-18(21-10-13-24-25(17-21)31-15-14-30-24)27-26(28)23(20-6-4-3-5-7-20)16-19-8-11-22(29-2)12-9-19/h3-13,16-18H,14-15H2,1-2H3,(H,27,28)/b23-16+/t18-/m1/s1. The predicted octanol–water partition coefficient (Wildman–Crippen LogP) is 4.88. The van der Waals surface area contributed by atoms with Crippen LogP contribution in [0.25, 0.3) is 11.6 Å². The Hall–Kier alpha value is -3.73. The van der Waals surface area contributed by atoms with Gasteiger partial charge in [0, 0.05) is 5.57 Å². The van der Waals surface area contributed by atoms with Crippen LogP contribution in [0.1, 0.15) is 29.7 Å². The number of carbonyl (C=O) groups excluding carboxylic acids is 1. The van der Waals surface area contributed by atoms with Crippen molar-refractivity contribution in [2.75, 3.05) is 20.3 Å². The molecule has 1 atom stereocenters. The maximum absolute atomic E-state index is 13.3. The number of rotatable bonds is 6. The molecule has 0 unspecified atom stereocenters. The number of hydrogen-bond donors (Lipinski definition) is 1. The summed E-state index contributed by atoms with van der Waals surface area (Å²) in [7, 11) is 1.63. The minimum absolute atomic E-state index is 0.149. The summed E-state index contributed by atoms with van der Waals surface area (Å²) in [6.45, 7) is 3.04. The second-order valence-corrected chi connectivity index (χ2v) is 7.30. The Bertz CT molecular complexity index is 1070. The van der Waals surface area contributed by atoms with Crippen LogP contribution in [0.4, 0.5) is 0 Å². The zero-order valence-corrected chi connectivity index (χ0v) is 17.6. The second kappa shape index (κ2) is 9.39. The largest absolute Gasteiger partial charge is 0.497 e. The summed E-state index contributed by atoms with van der Waals surface area (Å²) < 4.78 is 16.5. The van der Waals surface area contributed by atoms with Gasteiger partial charge in [-0.05, 0) is 54.0 Å². The van der Waals surface area contributed by atoms with E-state index in [0.717, 1.165) is 28.2 Å². The highest BCUT2D eigenvalue weighted by molar-refractivity contribution is 6.24. The molecule has 3 aromatic carbocycles. The first kappa shape index (κ1) is 20.5. The lowest BCUT2D eigenvalue weighted by atomic mass is 10.0. The van der Waals surface area contributed by atoms with Crippen LogP contribution < -0.4 is 19.5 Å². The van der Waals surface area contributed by atoms with Crippen LogP contribution >= 0.6 is 0 Å². The Labute approximate surface area is 182 Å². The highest BCUT2D eigenvalue weighted by Crippen LogP contribution is 2.33. The van der Waals surface area contributed by atoms with Gasteiger partial charge in [-0.1, -0.05) is 48.5 Å². The van der Waals surface area contributed by atoms with Crippen molar-refractivity contribution in [3.05, 3.63) is 89.5 Å². The molecule has 31 heavy (non-hydrogen) atoms. The van der Waals surface area contributed by atoms with Gasteiger partial charge in [-0.15, -0.1) is 0 Å². The molecule has 0 saturated heterocycles. The smallest absolute Gasteiger partial charge is 0.252 e. The van der Waals surface area contributed by atoms with Crippen molar-refractivity contribution >= 4 is 17.6 Å². The Kier molecular flexibility index (Phi) is 6.22. The van der Waals surface area contributed by atoms with Gasteiger partial charge in [0.1, 0.15) is 19.0 Å². The Morgan fingerprint density at radius 3 is 2.39 bits per heavy atom.